The largest absolute Gasteiger partial charge is 0.394 e. The molecule has 0 amide bonds. The van der Waals surface area contributed by atoms with E-state index in [9.17, 15) is 16.8 Å². The lowest BCUT2D eigenvalue weighted by atomic mass is 10.3. The van der Waals surface area contributed by atoms with Gasteiger partial charge in [0.2, 0.25) is 20.0 Å². The van der Waals surface area contributed by atoms with Gasteiger partial charge in [-0.1, -0.05) is 0 Å². The fraction of sp³-hybridized carbons (Fsp3) is 0.455. The van der Waals surface area contributed by atoms with E-state index >= 15 is 0 Å². The lowest BCUT2D eigenvalue weighted by Crippen LogP contribution is -2.39. The summed E-state index contributed by atoms with van der Waals surface area (Å²) in [7, 11) is -6.08. The maximum atomic E-state index is 12.1. The fourth-order valence-corrected chi connectivity index (χ4v) is 3.88. The molecule has 0 spiro atoms. The van der Waals surface area contributed by atoms with E-state index in [1.165, 1.54) is 31.3 Å². The third-order valence-electron chi connectivity index (χ3n) is 3.22. The second-order valence-corrected chi connectivity index (χ2v) is 8.29. The predicted octanol–water partition coefficient (Wildman–Crippen LogP) is -0.602. The lowest BCUT2D eigenvalue weighted by Gasteiger charge is -2.14. The standard InChI is InChI=1S/C11H16N2O5S2/c1-12-19(15,16)9-2-4-10(5-3-9)20(17,18)13-11(8-14)6-7-11/h2-5,12-14H,6-8H2,1H3. The number of hydrogen-bond acceptors (Lipinski definition) is 5. The van der Waals surface area contributed by atoms with E-state index in [2.05, 4.69) is 9.44 Å². The number of rotatable bonds is 6. The predicted molar refractivity (Wildman–Crippen MR) is 72.1 cm³/mol. The number of aliphatic hydroxyl groups excluding tert-OH is 1. The van der Waals surface area contributed by atoms with Crippen molar-refractivity contribution in [3.05, 3.63) is 24.3 Å². The molecule has 1 saturated carbocycles. The van der Waals surface area contributed by atoms with Crippen LogP contribution < -0.4 is 9.44 Å². The van der Waals surface area contributed by atoms with Crippen LogP contribution in [0.1, 0.15) is 12.8 Å². The van der Waals surface area contributed by atoms with Crippen LogP contribution in [0.5, 0.6) is 0 Å². The normalized spacial score (nSPS) is 17.9. The number of benzene rings is 1. The van der Waals surface area contributed by atoms with E-state index in [4.69, 9.17) is 5.11 Å². The van der Waals surface area contributed by atoms with Gasteiger partial charge in [-0.25, -0.2) is 26.3 Å². The highest BCUT2D eigenvalue weighted by molar-refractivity contribution is 7.90. The molecule has 0 unspecified atom stereocenters. The van der Waals surface area contributed by atoms with Crippen LogP contribution in [0, 0.1) is 0 Å². The smallest absolute Gasteiger partial charge is 0.241 e. The molecule has 1 aliphatic carbocycles. The Morgan fingerprint density at radius 3 is 1.85 bits per heavy atom. The Labute approximate surface area is 118 Å². The van der Waals surface area contributed by atoms with Crippen LogP contribution in [0.4, 0.5) is 0 Å². The first kappa shape index (κ1) is 15.4. The summed E-state index contributed by atoms with van der Waals surface area (Å²) in [6.07, 6.45) is 1.18. The molecule has 0 atom stereocenters. The maximum Gasteiger partial charge on any atom is 0.241 e. The Morgan fingerprint density at radius 1 is 1.05 bits per heavy atom. The number of aliphatic hydroxyl groups is 1. The molecule has 1 aromatic carbocycles. The zero-order chi connectivity index (χ0) is 15.0. The van der Waals surface area contributed by atoms with Gasteiger partial charge in [-0.2, -0.15) is 0 Å². The first-order chi connectivity index (χ1) is 9.25. The Bertz CT molecular complexity index is 691. The number of sulfonamides is 2. The summed E-state index contributed by atoms with van der Waals surface area (Å²) < 4.78 is 51.8. The van der Waals surface area contributed by atoms with Crippen molar-refractivity contribution in [1.82, 2.24) is 9.44 Å². The monoisotopic (exact) mass is 320 g/mol. The highest BCUT2D eigenvalue weighted by atomic mass is 32.2. The van der Waals surface area contributed by atoms with Crippen LogP contribution in [0.3, 0.4) is 0 Å². The minimum atomic E-state index is -3.76. The Kier molecular flexibility index (Phi) is 3.91. The summed E-state index contributed by atoms with van der Waals surface area (Å²) >= 11 is 0. The quantitative estimate of drug-likeness (QED) is 0.648. The molecule has 2 rings (SSSR count). The zero-order valence-corrected chi connectivity index (χ0v) is 12.5. The molecular formula is C11H16N2O5S2. The van der Waals surface area contributed by atoms with Crippen molar-refractivity contribution in [2.75, 3.05) is 13.7 Å². The minimum absolute atomic E-state index is 0.0118. The van der Waals surface area contributed by atoms with Gasteiger partial charge in [0, 0.05) is 0 Å². The van der Waals surface area contributed by atoms with Gasteiger partial charge < -0.3 is 5.11 Å². The van der Waals surface area contributed by atoms with Crippen LogP contribution in [-0.4, -0.2) is 41.1 Å². The molecule has 0 aromatic heterocycles. The van der Waals surface area contributed by atoms with Gasteiger partial charge in [0.15, 0.2) is 0 Å². The summed E-state index contributed by atoms with van der Waals surface area (Å²) in [6.45, 7) is -0.252. The van der Waals surface area contributed by atoms with Crippen LogP contribution in [0.25, 0.3) is 0 Å². The minimum Gasteiger partial charge on any atom is -0.394 e. The highest BCUT2D eigenvalue weighted by Crippen LogP contribution is 2.36. The van der Waals surface area contributed by atoms with Crippen molar-refractivity contribution < 1.29 is 21.9 Å². The first-order valence-electron chi connectivity index (χ1n) is 5.93. The SMILES string of the molecule is CNS(=O)(=O)c1ccc(S(=O)(=O)NC2(CO)CC2)cc1. The second kappa shape index (κ2) is 5.08. The molecule has 0 heterocycles. The molecule has 0 aliphatic heterocycles. The summed E-state index contributed by atoms with van der Waals surface area (Å²) in [5.41, 5.74) is -0.755. The van der Waals surface area contributed by atoms with Crippen LogP contribution >= 0.6 is 0 Å². The molecule has 1 aliphatic rings. The van der Waals surface area contributed by atoms with E-state index in [0.29, 0.717) is 12.8 Å². The Morgan fingerprint density at radius 2 is 1.50 bits per heavy atom. The zero-order valence-electron chi connectivity index (χ0n) is 10.8. The molecule has 0 bridgehead atoms. The van der Waals surface area contributed by atoms with Crippen molar-refractivity contribution in [3.8, 4) is 0 Å². The molecule has 3 N–H and O–H groups in total. The van der Waals surface area contributed by atoms with Crippen molar-refractivity contribution in [1.29, 1.82) is 0 Å². The maximum absolute atomic E-state index is 12.1. The highest BCUT2D eigenvalue weighted by Gasteiger charge is 2.45. The molecular weight excluding hydrogens is 304 g/mol. The Hall–Kier alpha value is -1.00. The van der Waals surface area contributed by atoms with Gasteiger partial charge in [0.25, 0.3) is 0 Å². The van der Waals surface area contributed by atoms with E-state index in [0.717, 1.165) is 0 Å². The lowest BCUT2D eigenvalue weighted by molar-refractivity contribution is 0.246. The molecule has 1 aromatic rings. The van der Waals surface area contributed by atoms with E-state index in [1.807, 2.05) is 0 Å². The van der Waals surface area contributed by atoms with Crippen LogP contribution in [-0.2, 0) is 20.0 Å². The summed E-state index contributed by atoms with van der Waals surface area (Å²) in [5.74, 6) is 0. The molecule has 0 radical (unpaired) electrons. The van der Waals surface area contributed by atoms with Gasteiger partial charge >= 0.3 is 0 Å². The van der Waals surface area contributed by atoms with Gasteiger partial charge in [-0.15, -0.1) is 0 Å². The summed E-state index contributed by atoms with van der Waals surface area (Å²) in [5, 5.41) is 9.13. The van der Waals surface area contributed by atoms with Crippen molar-refractivity contribution in [2.45, 2.75) is 28.2 Å². The van der Waals surface area contributed by atoms with Crippen LogP contribution in [0.15, 0.2) is 34.1 Å². The summed E-state index contributed by atoms with van der Waals surface area (Å²) in [6, 6.07) is 4.89. The van der Waals surface area contributed by atoms with E-state index in [1.54, 1.807) is 0 Å². The molecule has 7 nitrogen and oxygen atoms in total. The van der Waals surface area contributed by atoms with E-state index in [-0.39, 0.29) is 16.4 Å². The molecule has 112 valence electrons. The molecule has 0 saturated heterocycles. The van der Waals surface area contributed by atoms with Gasteiger partial charge in [0.05, 0.1) is 21.9 Å². The summed E-state index contributed by atoms with van der Waals surface area (Å²) in [4.78, 5) is -0.0467. The third-order valence-corrected chi connectivity index (χ3v) is 6.24. The number of hydrogen-bond donors (Lipinski definition) is 3. The van der Waals surface area contributed by atoms with Crippen LogP contribution in [0.2, 0.25) is 0 Å². The molecule has 20 heavy (non-hydrogen) atoms. The fourth-order valence-electron chi connectivity index (χ4n) is 1.70. The third kappa shape index (κ3) is 3.01. The first-order valence-corrected chi connectivity index (χ1v) is 8.90. The average molecular weight is 320 g/mol. The molecule has 1 fully saturated rings. The second-order valence-electron chi connectivity index (χ2n) is 4.72. The van der Waals surface area contributed by atoms with Gasteiger partial charge in [-0.3, -0.25) is 0 Å². The number of nitrogens with one attached hydrogen (secondary N) is 2. The van der Waals surface area contributed by atoms with Gasteiger partial charge in [-0.05, 0) is 44.2 Å². The van der Waals surface area contributed by atoms with Crippen molar-refractivity contribution >= 4 is 20.0 Å². The van der Waals surface area contributed by atoms with Crippen molar-refractivity contribution in [3.63, 3.8) is 0 Å². The topological polar surface area (TPSA) is 113 Å². The van der Waals surface area contributed by atoms with Gasteiger partial charge in [0.1, 0.15) is 0 Å². The Balaban J connectivity index is 2.26. The van der Waals surface area contributed by atoms with E-state index < -0.39 is 25.6 Å². The molecule has 9 heteroatoms. The van der Waals surface area contributed by atoms with Crippen molar-refractivity contribution in [2.24, 2.45) is 0 Å². The average Bonchev–Trinajstić information content (AvgIpc) is 3.18.